The molecule has 3 atom stereocenters. The van der Waals surface area contributed by atoms with Crippen molar-refractivity contribution in [1.29, 1.82) is 0 Å². The SMILES string of the molecule is Cc1nc(C(=O)N2C[C@@H]3C[C@@H]3[C@H]2CNC(=O)c2n[nH]c3ccccc23)c(-c2cccc(Cl)c2)s1. The number of hydrogen-bond acceptors (Lipinski definition) is 5. The fraction of sp³-hybridized carbons (Fsp3) is 0.280. The molecule has 6 rings (SSSR count). The molecule has 4 aromatic rings. The fourth-order valence-corrected chi connectivity index (χ4v) is 6.11. The zero-order chi connectivity index (χ0) is 23.4. The van der Waals surface area contributed by atoms with Crippen LogP contribution in [0, 0.1) is 18.8 Å². The van der Waals surface area contributed by atoms with E-state index in [1.54, 1.807) is 0 Å². The number of piperidine rings is 1. The first-order chi connectivity index (χ1) is 16.5. The number of carbonyl (C=O) groups excluding carboxylic acids is 2. The van der Waals surface area contributed by atoms with Gasteiger partial charge in [0.1, 0.15) is 5.69 Å². The van der Waals surface area contributed by atoms with Crippen LogP contribution < -0.4 is 5.32 Å². The number of para-hydroxylation sites is 1. The van der Waals surface area contributed by atoms with Crippen LogP contribution >= 0.6 is 22.9 Å². The molecule has 7 nitrogen and oxygen atoms in total. The average Bonchev–Trinajstić information content (AvgIpc) is 3.17. The number of thiazole rings is 1. The summed E-state index contributed by atoms with van der Waals surface area (Å²) in [5, 5.41) is 12.3. The zero-order valence-corrected chi connectivity index (χ0v) is 20.0. The Kier molecular flexibility index (Phi) is 5.15. The molecule has 0 spiro atoms. The molecule has 2 aromatic carbocycles. The highest BCUT2D eigenvalue weighted by molar-refractivity contribution is 7.15. The molecule has 1 saturated heterocycles. The molecule has 34 heavy (non-hydrogen) atoms. The largest absolute Gasteiger partial charge is 0.349 e. The third kappa shape index (κ3) is 3.67. The van der Waals surface area contributed by atoms with Gasteiger partial charge in [-0.05, 0) is 48.9 Å². The van der Waals surface area contributed by atoms with E-state index >= 15 is 0 Å². The zero-order valence-electron chi connectivity index (χ0n) is 18.4. The number of fused-ring (bicyclic) bond motifs is 2. The lowest BCUT2D eigenvalue weighted by atomic mass is 10.1. The van der Waals surface area contributed by atoms with Gasteiger partial charge in [0, 0.05) is 23.5 Å². The van der Waals surface area contributed by atoms with Gasteiger partial charge in [-0.1, -0.05) is 41.9 Å². The molecule has 0 unspecified atom stereocenters. The summed E-state index contributed by atoms with van der Waals surface area (Å²) in [4.78, 5) is 33.9. The molecule has 3 heterocycles. The maximum atomic E-state index is 13.7. The number of aromatic amines is 1. The Morgan fingerprint density at radius 1 is 1.21 bits per heavy atom. The standard InChI is InChI=1S/C25H22ClN5O2S/c1-13-28-22(23(34-13)14-5-4-6-16(26)9-14)25(33)31-12-15-10-18(15)20(31)11-27-24(32)21-17-7-2-3-8-19(17)29-30-21/h2-9,15,18,20H,10-12H2,1H3,(H,27,32)(H,29,30)/t15-,18-,20+/m0/s1. The number of likely N-dealkylation sites (tertiary alicyclic amines) is 1. The summed E-state index contributed by atoms with van der Waals surface area (Å²) in [7, 11) is 0. The smallest absolute Gasteiger partial charge is 0.274 e. The highest BCUT2D eigenvalue weighted by Gasteiger charge is 2.54. The minimum absolute atomic E-state index is 0.0547. The van der Waals surface area contributed by atoms with Crippen molar-refractivity contribution in [3.05, 3.63) is 69.9 Å². The number of aryl methyl sites for hydroxylation is 1. The topological polar surface area (TPSA) is 91.0 Å². The molecule has 172 valence electrons. The van der Waals surface area contributed by atoms with Gasteiger partial charge in [-0.3, -0.25) is 14.7 Å². The van der Waals surface area contributed by atoms with Crippen LogP contribution in [-0.2, 0) is 0 Å². The summed E-state index contributed by atoms with van der Waals surface area (Å²) < 4.78 is 0. The Balaban J connectivity index is 1.23. The number of nitrogens with one attached hydrogen (secondary N) is 2. The lowest BCUT2D eigenvalue weighted by molar-refractivity contribution is 0.0690. The molecular weight excluding hydrogens is 470 g/mol. The van der Waals surface area contributed by atoms with Crippen molar-refractivity contribution in [2.24, 2.45) is 11.8 Å². The first-order valence-electron chi connectivity index (χ1n) is 11.2. The monoisotopic (exact) mass is 491 g/mol. The predicted molar refractivity (Wildman–Crippen MR) is 132 cm³/mol. The lowest BCUT2D eigenvalue weighted by Gasteiger charge is -2.27. The van der Waals surface area contributed by atoms with Crippen LogP contribution in [0.4, 0.5) is 0 Å². The van der Waals surface area contributed by atoms with Gasteiger partial charge in [-0.2, -0.15) is 5.10 Å². The summed E-state index contributed by atoms with van der Waals surface area (Å²) in [6.45, 7) is 2.99. The van der Waals surface area contributed by atoms with Crippen molar-refractivity contribution in [2.75, 3.05) is 13.1 Å². The number of amides is 2. The van der Waals surface area contributed by atoms with Gasteiger partial charge in [-0.25, -0.2) is 4.98 Å². The average molecular weight is 492 g/mol. The predicted octanol–water partition coefficient (Wildman–Crippen LogP) is 4.54. The minimum atomic E-state index is -0.238. The van der Waals surface area contributed by atoms with Crippen molar-refractivity contribution < 1.29 is 9.59 Å². The molecule has 2 aliphatic rings. The quantitative estimate of drug-likeness (QED) is 0.429. The van der Waals surface area contributed by atoms with Crippen molar-refractivity contribution in [3.63, 3.8) is 0 Å². The minimum Gasteiger partial charge on any atom is -0.349 e. The molecule has 1 saturated carbocycles. The maximum Gasteiger partial charge on any atom is 0.274 e. The maximum absolute atomic E-state index is 13.7. The first-order valence-corrected chi connectivity index (χ1v) is 12.4. The van der Waals surface area contributed by atoms with Crippen LogP contribution in [0.25, 0.3) is 21.3 Å². The van der Waals surface area contributed by atoms with E-state index in [1.807, 2.05) is 60.4 Å². The molecule has 0 bridgehead atoms. The number of rotatable bonds is 5. The second-order valence-electron chi connectivity index (χ2n) is 8.93. The molecule has 1 aliphatic heterocycles. The molecular formula is C25H22ClN5O2S. The third-order valence-electron chi connectivity index (χ3n) is 6.74. The Bertz CT molecular complexity index is 1430. The molecule has 9 heteroatoms. The summed E-state index contributed by atoms with van der Waals surface area (Å²) in [5.41, 5.74) is 2.54. The molecule has 2 N–H and O–H groups in total. The van der Waals surface area contributed by atoms with Gasteiger partial charge in [0.25, 0.3) is 11.8 Å². The van der Waals surface area contributed by atoms with Crippen LogP contribution in [0.1, 0.15) is 32.4 Å². The second-order valence-corrected chi connectivity index (χ2v) is 10.6. The van der Waals surface area contributed by atoms with E-state index in [2.05, 4.69) is 20.5 Å². The van der Waals surface area contributed by atoms with Gasteiger partial charge >= 0.3 is 0 Å². The number of hydrogen-bond donors (Lipinski definition) is 2. The summed E-state index contributed by atoms with van der Waals surface area (Å²) in [6, 6.07) is 15.0. The van der Waals surface area contributed by atoms with Crippen LogP contribution in [0.2, 0.25) is 5.02 Å². The van der Waals surface area contributed by atoms with Crippen molar-refractivity contribution >= 4 is 45.7 Å². The number of H-pyrrole nitrogens is 1. The second kappa shape index (κ2) is 8.21. The van der Waals surface area contributed by atoms with E-state index in [0.717, 1.165) is 32.8 Å². The number of halogens is 1. The van der Waals surface area contributed by atoms with Crippen molar-refractivity contribution in [1.82, 2.24) is 25.4 Å². The molecule has 0 radical (unpaired) electrons. The van der Waals surface area contributed by atoms with E-state index in [0.29, 0.717) is 41.3 Å². The number of nitrogens with zero attached hydrogens (tertiary/aromatic N) is 3. The van der Waals surface area contributed by atoms with Gasteiger partial charge in [-0.15, -0.1) is 11.3 Å². The van der Waals surface area contributed by atoms with Gasteiger partial charge in [0.2, 0.25) is 0 Å². The van der Waals surface area contributed by atoms with Gasteiger partial charge in [0.05, 0.1) is 21.4 Å². The van der Waals surface area contributed by atoms with E-state index < -0.39 is 0 Å². The van der Waals surface area contributed by atoms with Gasteiger partial charge < -0.3 is 10.2 Å². The van der Waals surface area contributed by atoms with Crippen LogP contribution in [0.5, 0.6) is 0 Å². The summed E-state index contributed by atoms with van der Waals surface area (Å²) in [6.07, 6.45) is 1.09. The van der Waals surface area contributed by atoms with E-state index in [1.165, 1.54) is 11.3 Å². The van der Waals surface area contributed by atoms with Gasteiger partial charge in [0.15, 0.2) is 5.69 Å². The number of carbonyl (C=O) groups is 2. The molecule has 2 amide bonds. The molecule has 2 fully saturated rings. The highest BCUT2D eigenvalue weighted by atomic mass is 35.5. The molecule has 2 aromatic heterocycles. The Morgan fingerprint density at radius 3 is 2.91 bits per heavy atom. The summed E-state index contributed by atoms with van der Waals surface area (Å²) >= 11 is 7.69. The Labute approximate surface area is 205 Å². The lowest BCUT2D eigenvalue weighted by Crippen LogP contribution is -2.45. The van der Waals surface area contributed by atoms with E-state index in [-0.39, 0.29) is 17.9 Å². The van der Waals surface area contributed by atoms with Crippen LogP contribution in [-0.4, -0.2) is 51.0 Å². The Hall–Kier alpha value is -3.23. The fourth-order valence-electron chi connectivity index (χ4n) is 5.02. The van der Waals surface area contributed by atoms with Crippen molar-refractivity contribution in [2.45, 2.75) is 19.4 Å². The van der Waals surface area contributed by atoms with Crippen LogP contribution in [0.3, 0.4) is 0 Å². The highest BCUT2D eigenvalue weighted by Crippen LogP contribution is 2.50. The number of benzene rings is 2. The third-order valence-corrected chi connectivity index (χ3v) is 8.00. The first kappa shape index (κ1) is 21.3. The number of aromatic nitrogens is 3. The normalized spacial score (nSPS) is 21.0. The van der Waals surface area contributed by atoms with Crippen molar-refractivity contribution in [3.8, 4) is 10.4 Å². The Morgan fingerprint density at radius 2 is 2.06 bits per heavy atom. The summed E-state index contributed by atoms with van der Waals surface area (Å²) in [5.74, 6) is 0.579. The van der Waals surface area contributed by atoms with Crippen LogP contribution in [0.15, 0.2) is 48.5 Å². The molecule has 1 aliphatic carbocycles. The van der Waals surface area contributed by atoms with E-state index in [4.69, 9.17) is 11.6 Å². The van der Waals surface area contributed by atoms with E-state index in [9.17, 15) is 9.59 Å².